The van der Waals surface area contributed by atoms with Crippen molar-refractivity contribution in [2.24, 2.45) is 7.05 Å². The molecule has 0 saturated carbocycles. The Hall–Kier alpha value is -2.05. The molecule has 0 unspecified atom stereocenters. The second-order valence-corrected chi connectivity index (χ2v) is 4.67. The Morgan fingerprint density at radius 3 is 2.80 bits per heavy atom. The third-order valence-electron chi connectivity index (χ3n) is 3.15. The van der Waals surface area contributed by atoms with Crippen molar-refractivity contribution in [2.45, 2.75) is 39.7 Å². The average Bonchev–Trinajstić information content (AvgIpc) is 2.87. The number of anilines is 1. The molecule has 110 valence electrons. The highest BCUT2D eigenvalue weighted by molar-refractivity contribution is 5.78. The number of ether oxygens (including phenoxy) is 1. The van der Waals surface area contributed by atoms with E-state index in [1.165, 1.54) is 0 Å². The van der Waals surface area contributed by atoms with Gasteiger partial charge in [-0.25, -0.2) is 4.98 Å². The Labute approximate surface area is 117 Å². The Morgan fingerprint density at radius 1 is 1.40 bits per heavy atom. The lowest BCUT2D eigenvalue weighted by molar-refractivity contribution is -0.143. The molecule has 0 aliphatic heterocycles. The number of aromatic nitrogens is 4. The molecule has 0 amide bonds. The zero-order chi connectivity index (χ0) is 14.7. The largest absolute Gasteiger partial charge is 0.466 e. The van der Waals surface area contributed by atoms with Gasteiger partial charge in [-0.1, -0.05) is 13.3 Å². The fourth-order valence-corrected chi connectivity index (χ4v) is 2.32. The van der Waals surface area contributed by atoms with E-state index in [9.17, 15) is 4.79 Å². The van der Waals surface area contributed by atoms with Crippen molar-refractivity contribution in [1.82, 2.24) is 19.3 Å². The lowest BCUT2D eigenvalue weighted by Crippen LogP contribution is -2.12. The number of aryl methyl sites for hydroxylation is 3. The van der Waals surface area contributed by atoms with E-state index in [2.05, 4.69) is 17.0 Å². The molecule has 2 heterocycles. The molecule has 2 aromatic heterocycles. The zero-order valence-corrected chi connectivity index (χ0v) is 12.2. The molecule has 0 radical (unpaired) electrons. The van der Waals surface area contributed by atoms with E-state index in [0.29, 0.717) is 19.1 Å². The van der Waals surface area contributed by atoms with Crippen LogP contribution in [-0.4, -0.2) is 31.9 Å². The Balaban J connectivity index is 2.29. The highest BCUT2D eigenvalue weighted by atomic mass is 16.5. The van der Waals surface area contributed by atoms with E-state index in [0.717, 1.165) is 29.7 Å². The van der Waals surface area contributed by atoms with Crippen LogP contribution in [0.5, 0.6) is 0 Å². The van der Waals surface area contributed by atoms with Crippen LogP contribution in [0.2, 0.25) is 0 Å². The Kier molecular flexibility index (Phi) is 4.26. The molecule has 0 aliphatic rings. The summed E-state index contributed by atoms with van der Waals surface area (Å²) in [4.78, 5) is 15.8. The molecule has 2 aromatic rings. The predicted octanol–water partition coefficient (Wildman–Crippen LogP) is 1.26. The van der Waals surface area contributed by atoms with Crippen LogP contribution in [0.4, 0.5) is 5.95 Å². The van der Waals surface area contributed by atoms with Crippen molar-refractivity contribution in [3.05, 3.63) is 5.69 Å². The van der Waals surface area contributed by atoms with Gasteiger partial charge in [0, 0.05) is 13.6 Å². The number of nitrogens with two attached hydrogens (primary N) is 1. The van der Waals surface area contributed by atoms with Crippen LogP contribution in [0.25, 0.3) is 11.2 Å². The molecule has 0 saturated heterocycles. The number of nitrogen functional groups attached to an aromatic ring is 1. The number of fused-ring (bicyclic) bond motifs is 1. The molecule has 0 spiro atoms. The number of nitrogens with zero attached hydrogens (tertiary/aromatic N) is 4. The topological polar surface area (TPSA) is 88.0 Å². The maximum atomic E-state index is 11.5. The number of hydrogen-bond donors (Lipinski definition) is 1. The first kappa shape index (κ1) is 14.4. The lowest BCUT2D eigenvalue weighted by Gasteiger charge is -2.06. The Morgan fingerprint density at radius 2 is 2.15 bits per heavy atom. The van der Waals surface area contributed by atoms with E-state index in [4.69, 9.17) is 10.5 Å². The fraction of sp³-hybridized carbons (Fsp3) is 0.615. The summed E-state index contributed by atoms with van der Waals surface area (Å²) in [6, 6.07) is 0. The van der Waals surface area contributed by atoms with E-state index >= 15 is 0 Å². The summed E-state index contributed by atoms with van der Waals surface area (Å²) in [6.07, 6.45) is 2.14. The second-order valence-electron chi connectivity index (χ2n) is 4.67. The van der Waals surface area contributed by atoms with Gasteiger partial charge in [0.25, 0.3) is 0 Å². The summed E-state index contributed by atoms with van der Waals surface area (Å²) in [7, 11) is 1.86. The van der Waals surface area contributed by atoms with Crippen LogP contribution in [0.3, 0.4) is 0 Å². The van der Waals surface area contributed by atoms with Crippen molar-refractivity contribution in [3.8, 4) is 0 Å². The minimum atomic E-state index is -0.232. The standard InChI is InChI=1S/C13H21N5O2/c1-4-6-9-11-12(17(3)16-9)18(13(14)15-11)8-7-10(19)20-5-2/h4-8H2,1-3H3,(H2,14,15). The number of rotatable bonds is 6. The molecule has 7 heteroatoms. The minimum absolute atomic E-state index is 0.232. The van der Waals surface area contributed by atoms with Gasteiger partial charge in [0.15, 0.2) is 5.65 Å². The first-order chi connectivity index (χ1) is 9.58. The summed E-state index contributed by atoms with van der Waals surface area (Å²) >= 11 is 0. The first-order valence-corrected chi connectivity index (χ1v) is 6.91. The van der Waals surface area contributed by atoms with Gasteiger partial charge >= 0.3 is 5.97 Å². The molecule has 0 fully saturated rings. The quantitative estimate of drug-likeness (QED) is 0.804. The number of carbonyl (C=O) groups is 1. The summed E-state index contributed by atoms with van der Waals surface area (Å²) in [6.45, 7) is 4.73. The van der Waals surface area contributed by atoms with Crippen LogP contribution in [0.15, 0.2) is 0 Å². The van der Waals surface area contributed by atoms with Crippen molar-refractivity contribution < 1.29 is 9.53 Å². The van der Waals surface area contributed by atoms with Gasteiger partial charge in [0.2, 0.25) is 5.95 Å². The van der Waals surface area contributed by atoms with Crippen molar-refractivity contribution >= 4 is 23.1 Å². The average molecular weight is 279 g/mol. The van der Waals surface area contributed by atoms with Gasteiger partial charge in [-0.15, -0.1) is 0 Å². The van der Waals surface area contributed by atoms with Crippen molar-refractivity contribution in [2.75, 3.05) is 12.3 Å². The third kappa shape index (κ3) is 2.61. The normalized spacial score (nSPS) is 11.2. The van der Waals surface area contributed by atoms with E-state index in [1.807, 2.05) is 11.6 Å². The molecule has 0 aliphatic carbocycles. The smallest absolute Gasteiger partial charge is 0.307 e. The van der Waals surface area contributed by atoms with E-state index in [-0.39, 0.29) is 12.4 Å². The number of hydrogen-bond acceptors (Lipinski definition) is 5. The highest BCUT2D eigenvalue weighted by Gasteiger charge is 2.18. The SMILES string of the molecule is CCCc1nn(C)c2c1nc(N)n2CCC(=O)OCC. The molecular weight excluding hydrogens is 258 g/mol. The van der Waals surface area contributed by atoms with Crippen LogP contribution in [-0.2, 0) is 29.5 Å². The first-order valence-electron chi connectivity index (χ1n) is 6.91. The monoisotopic (exact) mass is 279 g/mol. The van der Waals surface area contributed by atoms with Crippen LogP contribution in [0.1, 0.15) is 32.4 Å². The predicted molar refractivity (Wildman–Crippen MR) is 76.2 cm³/mol. The van der Waals surface area contributed by atoms with Gasteiger partial charge in [0.1, 0.15) is 5.52 Å². The molecule has 20 heavy (non-hydrogen) atoms. The molecule has 0 atom stereocenters. The summed E-state index contributed by atoms with van der Waals surface area (Å²) in [5.74, 6) is 0.180. The number of esters is 1. The lowest BCUT2D eigenvalue weighted by atomic mass is 10.2. The molecule has 2 N–H and O–H groups in total. The minimum Gasteiger partial charge on any atom is -0.466 e. The third-order valence-corrected chi connectivity index (χ3v) is 3.15. The molecule has 7 nitrogen and oxygen atoms in total. The van der Waals surface area contributed by atoms with Crippen molar-refractivity contribution in [1.29, 1.82) is 0 Å². The highest BCUT2D eigenvalue weighted by Crippen LogP contribution is 2.22. The van der Waals surface area contributed by atoms with Crippen molar-refractivity contribution in [3.63, 3.8) is 0 Å². The summed E-state index contributed by atoms with van der Waals surface area (Å²) in [5.41, 5.74) is 8.59. The van der Waals surface area contributed by atoms with Gasteiger partial charge in [0.05, 0.1) is 18.7 Å². The number of carbonyl (C=O) groups excluding carboxylic acids is 1. The van der Waals surface area contributed by atoms with E-state index in [1.54, 1.807) is 11.6 Å². The van der Waals surface area contributed by atoms with Gasteiger partial charge in [-0.05, 0) is 13.3 Å². The summed E-state index contributed by atoms with van der Waals surface area (Å²) < 4.78 is 8.52. The van der Waals surface area contributed by atoms with Gasteiger partial charge in [-0.2, -0.15) is 5.10 Å². The van der Waals surface area contributed by atoms with Gasteiger partial charge < -0.3 is 10.5 Å². The summed E-state index contributed by atoms with van der Waals surface area (Å²) in [5, 5.41) is 4.47. The second kappa shape index (κ2) is 5.94. The number of imidazole rings is 1. The van der Waals surface area contributed by atoms with Crippen LogP contribution >= 0.6 is 0 Å². The fourth-order valence-electron chi connectivity index (χ4n) is 2.32. The Bertz CT molecular complexity index is 614. The molecule has 0 bridgehead atoms. The molecular formula is C13H21N5O2. The zero-order valence-electron chi connectivity index (χ0n) is 12.2. The maximum Gasteiger partial charge on any atom is 0.307 e. The van der Waals surface area contributed by atoms with Crippen LogP contribution < -0.4 is 5.73 Å². The molecule has 2 rings (SSSR count). The maximum absolute atomic E-state index is 11.5. The molecule has 0 aromatic carbocycles. The van der Waals surface area contributed by atoms with Crippen LogP contribution in [0, 0.1) is 0 Å². The van der Waals surface area contributed by atoms with E-state index < -0.39 is 0 Å². The van der Waals surface area contributed by atoms with Gasteiger partial charge in [-0.3, -0.25) is 14.0 Å².